The highest BCUT2D eigenvalue weighted by Crippen LogP contribution is 2.19. The van der Waals surface area contributed by atoms with Gasteiger partial charge in [-0.1, -0.05) is 19.4 Å². The van der Waals surface area contributed by atoms with Crippen molar-refractivity contribution in [2.45, 2.75) is 19.4 Å². The van der Waals surface area contributed by atoms with E-state index in [1.54, 1.807) is 38.5 Å². The maximum Gasteiger partial charge on any atom is 0.566 e. The SMILES string of the molecule is CCC[Si](OC)(OC)OC=Nc1cccc(O)c1. The number of rotatable bonds is 7. The Morgan fingerprint density at radius 3 is 2.61 bits per heavy atom. The van der Waals surface area contributed by atoms with Crippen LogP contribution in [0.15, 0.2) is 29.3 Å². The van der Waals surface area contributed by atoms with Gasteiger partial charge in [0.25, 0.3) is 0 Å². The minimum Gasteiger partial charge on any atom is -0.508 e. The van der Waals surface area contributed by atoms with Crippen LogP contribution in [-0.4, -0.2) is 34.5 Å². The standard InChI is InChI=1S/C12H19NO4Si/c1-4-8-18(15-2,16-3)17-10-13-11-6-5-7-12(14)9-11/h5-7,9-10,14H,4,8H2,1-3H3. The van der Waals surface area contributed by atoms with Crippen LogP contribution in [0, 0.1) is 0 Å². The van der Waals surface area contributed by atoms with Gasteiger partial charge in [-0.15, -0.1) is 0 Å². The van der Waals surface area contributed by atoms with Gasteiger partial charge in [0.05, 0.1) is 5.69 Å². The van der Waals surface area contributed by atoms with Crippen molar-refractivity contribution < 1.29 is 18.4 Å². The zero-order chi connectivity index (χ0) is 13.4. The molecule has 0 aliphatic heterocycles. The lowest BCUT2D eigenvalue weighted by molar-refractivity contribution is 0.159. The fraction of sp³-hybridized carbons (Fsp3) is 0.417. The van der Waals surface area contributed by atoms with E-state index in [2.05, 4.69) is 4.99 Å². The summed E-state index contributed by atoms with van der Waals surface area (Å²) in [6.45, 7) is 2.04. The van der Waals surface area contributed by atoms with Crippen molar-refractivity contribution in [2.24, 2.45) is 4.99 Å². The molecule has 0 radical (unpaired) electrons. The van der Waals surface area contributed by atoms with Gasteiger partial charge in [0.1, 0.15) is 5.75 Å². The van der Waals surface area contributed by atoms with Gasteiger partial charge in [-0.3, -0.25) is 0 Å². The Labute approximate surface area is 108 Å². The quantitative estimate of drug-likeness (QED) is 0.470. The van der Waals surface area contributed by atoms with Gasteiger partial charge < -0.3 is 18.4 Å². The van der Waals surface area contributed by atoms with Gasteiger partial charge in [0.15, 0.2) is 6.40 Å². The van der Waals surface area contributed by atoms with Gasteiger partial charge in [-0.2, -0.15) is 0 Å². The fourth-order valence-electron chi connectivity index (χ4n) is 1.49. The zero-order valence-electron chi connectivity index (χ0n) is 10.9. The molecule has 0 aliphatic rings. The Bertz CT molecular complexity index is 393. The molecule has 1 N–H and O–H groups in total. The summed E-state index contributed by atoms with van der Waals surface area (Å²) in [5.41, 5.74) is 0.613. The predicted octanol–water partition coefficient (Wildman–Crippen LogP) is 2.71. The first-order chi connectivity index (χ1) is 8.65. The second-order valence-corrected chi connectivity index (χ2v) is 6.63. The van der Waals surface area contributed by atoms with Crippen LogP contribution >= 0.6 is 0 Å². The van der Waals surface area contributed by atoms with Crippen LogP contribution in [0.25, 0.3) is 0 Å². The highest BCUT2D eigenvalue weighted by Gasteiger charge is 2.39. The first kappa shape index (κ1) is 14.7. The molecule has 0 saturated heterocycles. The lowest BCUT2D eigenvalue weighted by Crippen LogP contribution is -2.43. The molecule has 0 spiro atoms. The smallest absolute Gasteiger partial charge is 0.508 e. The number of phenols is 1. The van der Waals surface area contributed by atoms with Crippen molar-refractivity contribution in [3.63, 3.8) is 0 Å². The Kier molecular flexibility index (Phi) is 5.83. The number of phenolic OH excluding ortho intramolecular Hbond substituents is 1. The van der Waals surface area contributed by atoms with Crippen LogP contribution < -0.4 is 0 Å². The first-order valence-electron chi connectivity index (χ1n) is 5.75. The molecule has 18 heavy (non-hydrogen) atoms. The van der Waals surface area contributed by atoms with Crippen LogP contribution in [0.5, 0.6) is 5.75 Å². The van der Waals surface area contributed by atoms with E-state index >= 15 is 0 Å². The third kappa shape index (κ3) is 4.14. The average molecular weight is 269 g/mol. The van der Waals surface area contributed by atoms with Crippen molar-refractivity contribution in [3.05, 3.63) is 24.3 Å². The molecule has 0 aromatic heterocycles. The summed E-state index contributed by atoms with van der Waals surface area (Å²) >= 11 is 0. The second kappa shape index (κ2) is 7.15. The van der Waals surface area contributed by atoms with Gasteiger partial charge in [0, 0.05) is 26.3 Å². The van der Waals surface area contributed by atoms with Crippen molar-refractivity contribution in [1.29, 1.82) is 0 Å². The number of benzene rings is 1. The van der Waals surface area contributed by atoms with E-state index in [-0.39, 0.29) is 5.75 Å². The zero-order valence-corrected chi connectivity index (χ0v) is 11.9. The van der Waals surface area contributed by atoms with Crippen LogP contribution in [0.3, 0.4) is 0 Å². The molecule has 1 aromatic rings. The molecule has 0 atom stereocenters. The van der Waals surface area contributed by atoms with E-state index in [1.165, 1.54) is 6.40 Å². The molecule has 0 amide bonds. The van der Waals surface area contributed by atoms with E-state index < -0.39 is 8.80 Å². The second-order valence-electron chi connectivity index (χ2n) is 3.71. The lowest BCUT2D eigenvalue weighted by Gasteiger charge is -2.23. The Morgan fingerprint density at radius 2 is 2.06 bits per heavy atom. The summed E-state index contributed by atoms with van der Waals surface area (Å²) in [5, 5.41) is 9.29. The predicted molar refractivity (Wildman–Crippen MR) is 72.2 cm³/mol. The van der Waals surface area contributed by atoms with Gasteiger partial charge in [0.2, 0.25) is 0 Å². The maximum atomic E-state index is 9.29. The first-order valence-corrected chi connectivity index (χ1v) is 7.68. The van der Waals surface area contributed by atoms with E-state index in [4.69, 9.17) is 13.3 Å². The summed E-state index contributed by atoms with van der Waals surface area (Å²) in [7, 11) is 0.531. The molecule has 0 unspecified atom stereocenters. The number of hydrogen-bond acceptors (Lipinski definition) is 5. The topological polar surface area (TPSA) is 60.3 Å². The fourth-order valence-corrected chi connectivity index (χ4v) is 3.20. The molecule has 0 aliphatic carbocycles. The molecular formula is C12H19NO4Si. The number of hydrogen-bond donors (Lipinski definition) is 1. The summed E-state index contributed by atoms with van der Waals surface area (Å²) in [4.78, 5) is 4.10. The Morgan fingerprint density at radius 1 is 1.33 bits per heavy atom. The summed E-state index contributed by atoms with van der Waals surface area (Å²) in [6.07, 6.45) is 2.23. The van der Waals surface area contributed by atoms with E-state index in [9.17, 15) is 5.11 Å². The Balaban J connectivity index is 2.67. The van der Waals surface area contributed by atoms with E-state index in [0.29, 0.717) is 5.69 Å². The molecule has 100 valence electrons. The number of aliphatic imine (C=N–C) groups is 1. The van der Waals surface area contributed by atoms with E-state index in [0.717, 1.165) is 12.5 Å². The molecule has 0 saturated carbocycles. The highest BCUT2D eigenvalue weighted by atomic mass is 28.4. The van der Waals surface area contributed by atoms with E-state index in [1.807, 2.05) is 6.92 Å². The third-order valence-corrected chi connectivity index (χ3v) is 5.26. The summed E-state index contributed by atoms with van der Waals surface area (Å²) < 4.78 is 16.2. The number of nitrogens with zero attached hydrogens (tertiary/aromatic N) is 1. The van der Waals surface area contributed by atoms with Crippen LogP contribution in [0.4, 0.5) is 5.69 Å². The monoisotopic (exact) mass is 269 g/mol. The number of aromatic hydroxyl groups is 1. The van der Waals surface area contributed by atoms with Gasteiger partial charge >= 0.3 is 8.80 Å². The molecule has 1 aromatic carbocycles. The molecule has 0 bridgehead atoms. The van der Waals surface area contributed by atoms with Crippen LogP contribution in [0.1, 0.15) is 13.3 Å². The van der Waals surface area contributed by atoms with Crippen molar-refractivity contribution in [3.8, 4) is 5.75 Å². The summed E-state index contributed by atoms with van der Waals surface area (Å²) in [6, 6.07) is 7.34. The lowest BCUT2D eigenvalue weighted by atomic mass is 10.3. The minimum absolute atomic E-state index is 0.167. The van der Waals surface area contributed by atoms with Crippen LogP contribution in [-0.2, 0) is 13.3 Å². The molecule has 0 fully saturated rings. The minimum atomic E-state index is -2.62. The van der Waals surface area contributed by atoms with Crippen molar-refractivity contribution >= 4 is 20.9 Å². The van der Waals surface area contributed by atoms with Gasteiger partial charge in [-0.25, -0.2) is 4.99 Å². The molecule has 0 heterocycles. The maximum absolute atomic E-state index is 9.29. The molecular weight excluding hydrogens is 250 g/mol. The average Bonchev–Trinajstić information content (AvgIpc) is 2.38. The molecule has 5 nitrogen and oxygen atoms in total. The van der Waals surface area contributed by atoms with Crippen molar-refractivity contribution in [1.82, 2.24) is 0 Å². The summed E-state index contributed by atoms with van der Waals surface area (Å²) in [5.74, 6) is 0.167. The normalized spacial score (nSPS) is 11.9. The largest absolute Gasteiger partial charge is 0.566 e. The third-order valence-electron chi connectivity index (χ3n) is 2.44. The Hall–Kier alpha value is -1.37. The van der Waals surface area contributed by atoms with Crippen molar-refractivity contribution in [2.75, 3.05) is 14.2 Å². The highest BCUT2D eigenvalue weighted by molar-refractivity contribution is 6.61. The molecule has 1 rings (SSSR count). The molecule has 6 heteroatoms. The van der Waals surface area contributed by atoms with Crippen LogP contribution in [0.2, 0.25) is 6.04 Å². The van der Waals surface area contributed by atoms with Gasteiger partial charge in [-0.05, 0) is 12.1 Å².